The molecule has 0 bridgehead atoms. The van der Waals surface area contributed by atoms with Gasteiger partial charge in [0, 0.05) is 36.4 Å². The van der Waals surface area contributed by atoms with Gasteiger partial charge in [-0.05, 0) is 51.1 Å². The molecular formula is C19H22N6O3. The topological polar surface area (TPSA) is 106 Å². The van der Waals surface area contributed by atoms with Crippen molar-refractivity contribution in [3.8, 4) is 11.6 Å². The molecule has 0 aliphatic heterocycles. The summed E-state index contributed by atoms with van der Waals surface area (Å²) in [7, 11) is 0. The first-order valence-electron chi connectivity index (χ1n) is 9.00. The number of anilines is 2. The van der Waals surface area contributed by atoms with Gasteiger partial charge in [0.2, 0.25) is 11.7 Å². The molecule has 2 heterocycles. The van der Waals surface area contributed by atoms with Crippen LogP contribution < -0.4 is 16.0 Å². The molecule has 0 atom stereocenters. The minimum atomic E-state index is -0.747. The molecule has 1 amide bonds. The molecule has 1 N–H and O–H groups in total. The van der Waals surface area contributed by atoms with E-state index < -0.39 is 5.76 Å². The van der Waals surface area contributed by atoms with Crippen LogP contribution in [0.25, 0.3) is 11.6 Å². The zero-order valence-corrected chi connectivity index (χ0v) is 16.0. The molecule has 0 aliphatic rings. The van der Waals surface area contributed by atoms with E-state index in [-0.39, 0.29) is 24.1 Å². The first kappa shape index (κ1) is 19.3. The molecule has 0 unspecified atom stereocenters. The Bertz CT molecular complexity index is 979. The van der Waals surface area contributed by atoms with Gasteiger partial charge in [0.05, 0.1) is 0 Å². The van der Waals surface area contributed by atoms with Crippen LogP contribution in [-0.2, 0) is 11.3 Å². The molecule has 1 aromatic carbocycles. The summed E-state index contributed by atoms with van der Waals surface area (Å²) in [5.74, 6) is -0.819. The van der Waals surface area contributed by atoms with Crippen LogP contribution in [0.5, 0.6) is 0 Å². The summed E-state index contributed by atoms with van der Waals surface area (Å²) in [5.41, 5.74) is 1.71. The monoisotopic (exact) mass is 382 g/mol. The summed E-state index contributed by atoms with van der Waals surface area (Å²) < 4.78 is 5.76. The largest absolute Gasteiger partial charge is 0.442 e. The highest BCUT2D eigenvalue weighted by atomic mass is 16.5. The van der Waals surface area contributed by atoms with Crippen LogP contribution in [0.2, 0.25) is 0 Å². The van der Waals surface area contributed by atoms with E-state index in [1.54, 1.807) is 6.07 Å². The van der Waals surface area contributed by atoms with Crippen LogP contribution in [0.4, 0.5) is 11.4 Å². The van der Waals surface area contributed by atoms with Gasteiger partial charge in [-0.3, -0.25) is 9.32 Å². The van der Waals surface area contributed by atoms with Gasteiger partial charge < -0.3 is 10.2 Å². The molecule has 9 nitrogen and oxygen atoms in total. The summed E-state index contributed by atoms with van der Waals surface area (Å²) in [6.07, 6.45) is 3.04. The van der Waals surface area contributed by atoms with Crippen LogP contribution >= 0.6 is 0 Å². The smallest absolute Gasteiger partial charge is 0.369 e. The maximum atomic E-state index is 12.4. The fraction of sp³-hybridized carbons (Fsp3) is 0.316. The van der Waals surface area contributed by atoms with Crippen molar-refractivity contribution in [2.45, 2.75) is 33.4 Å². The molecular weight excluding hydrogens is 360 g/mol. The van der Waals surface area contributed by atoms with Gasteiger partial charge >= 0.3 is 5.76 Å². The molecule has 0 aliphatic carbocycles. The van der Waals surface area contributed by atoms with Gasteiger partial charge in [0.15, 0.2) is 5.82 Å². The lowest BCUT2D eigenvalue weighted by Gasteiger charge is -2.27. The third-order valence-corrected chi connectivity index (χ3v) is 4.20. The van der Waals surface area contributed by atoms with Gasteiger partial charge in [-0.15, -0.1) is 0 Å². The second-order valence-electron chi connectivity index (χ2n) is 6.41. The van der Waals surface area contributed by atoms with E-state index in [2.05, 4.69) is 50.6 Å². The Hall–Kier alpha value is -3.49. The van der Waals surface area contributed by atoms with Crippen molar-refractivity contribution in [2.75, 3.05) is 16.8 Å². The van der Waals surface area contributed by atoms with Crippen molar-refractivity contribution >= 4 is 17.3 Å². The Labute approximate surface area is 162 Å². The van der Waals surface area contributed by atoms with E-state index in [1.165, 1.54) is 12.4 Å². The van der Waals surface area contributed by atoms with E-state index in [9.17, 15) is 9.59 Å². The molecule has 0 fully saturated rings. The summed E-state index contributed by atoms with van der Waals surface area (Å²) in [5, 5.41) is 6.44. The zero-order chi connectivity index (χ0) is 20.1. The Morgan fingerprint density at radius 3 is 2.50 bits per heavy atom. The molecule has 3 aromatic rings. The van der Waals surface area contributed by atoms with Crippen LogP contribution in [-0.4, -0.2) is 38.2 Å². The molecule has 3 rings (SSSR count). The minimum absolute atomic E-state index is 0.103. The highest BCUT2D eigenvalue weighted by Crippen LogP contribution is 2.20. The van der Waals surface area contributed by atoms with Crippen LogP contribution in [0.15, 0.2) is 52.0 Å². The number of benzene rings is 1. The van der Waals surface area contributed by atoms with Crippen LogP contribution in [0.1, 0.15) is 20.8 Å². The van der Waals surface area contributed by atoms with Crippen molar-refractivity contribution in [2.24, 2.45) is 0 Å². The van der Waals surface area contributed by atoms with Crippen molar-refractivity contribution in [3.05, 3.63) is 53.3 Å². The second kappa shape index (κ2) is 8.47. The predicted octanol–water partition coefficient (Wildman–Crippen LogP) is 2.17. The number of nitrogens with zero attached hydrogens (tertiary/aromatic N) is 5. The van der Waals surface area contributed by atoms with Gasteiger partial charge in [0.25, 0.3) is 0 Å². The third-order valence-electron chi connectivity index (χ3n) is 4.20. The first-order chi connectivity index (χ1) is 13.5. The number of hydrogen-bond donors (Lipinski definition) is 1. The van der Waals surface area contributed by atoms with E-state index in [1.807, 2.05) is 24.3 Å². The molecule has 146 valence electrons. The lowest BCUT2D eigenvalue weighted by Crippen LogP contribution is -2.30. The molecule has 9 heteroatoms. The Kier molecular flexibility index (Phi) is 5.83. The van der Waals surface area contributed by atoms with Gasteiger partial charge in [-0.2, -0.15) is 0 Å². The van der Waals surface area contributed by atoms with Crippen molar-refractivity contribution in [1.29, 1.82) is 0 Å². The Morgan fingerprint density at radius 2 is 1.89 bits per heavy atom. The number of amides is 1. The van der Waals surface area contributed by atoms with E-state index in [0.717, 1.165) is 16.8 Å². The molecule has 2 aromatic heterocycles. The lowest BCUT2D eigenvalue weighted by atomic mass is 10.2. The van der Waals surface area contributed by atoms with Gasteiger partial charge in [0.1, 0.15) is 6.54 Å². The highest BCUT2D eigenvalue weighted by Gasteiger charge is 2.18. The van der Waals surface area contributed by atoms with Crippen molar-refractivity contribution < 1.29 is 9.32 Å². The number of aromatic nitrogens is 4. The maximum absolute atomic E-state index is 12.4. The summed E-state index contributed by atoms with van der Waals surface area (Å²) in [4.78, 5) is 34.6. The Balaban J connectivity index is 1.72. The summed E-state index contributed by atoms with van der Waals surface area (Å²) >= 11 is 0. The van der Waals surface area contributed by atoms with E-state index in [0.29, 0.717) is 11.7 Å². The standard InChI is InChI=1S/C19H22N6O3/c1-4-24(13(2)3)15-8-6-14(7-9-15)22-16(26)12-25-18(23-28-19(25)27)17-20-10-5-11-21-17/h5-11,13H,4,12H2,1-3H3,(H,22,26). The Morgan fingerprint density at radius 1 is 1.21 bits per heavy atom. The van der Waals surface area contributed by atoms with E-state index >= 15 is 0 Å². The number of carbonyl (C=O) groups is 1. The van der Waals surface area contributed by atoms with Crippen molar-refractivity contribution in [3.63, 3.8) is 0 Å². The summed E-state index contributed by atoms with van der Waals surface area (Å²) in [6, 6.07) is 9.58. The highest BCUT2D eigenvalue weighted by molar-refractivity contribution is 5.91. The fourth-order valence-electron chi connectivity index (χ4n) is 2.91. The van der Waals surface area contributed by atoms with Gasteiger partial charge in [-0.1, -0.05) is 5.16 Å². The third kappa shape index (κ3) is 4.25. The van der Waals surface area contributed by atoms with Crippen molar-refractivity contribution in [1.82, 2.24) is 19.7 Å². The zero-order valence-electron chi connectivity index (χ0n) is 16.0. The molecule has 0 saturated heterocycles. The minimum Gasteiger partial charge on any atom is -0.369 e. The van der Waals surface area contributed by atoms with Crippen LogP contribution in [0, 0.1) is 0 Å². The number of carbonyl (C=O) groups excluding carboxylic acids is 1. The number of hydrogen-bond acceptors (Lipinski definition) is 7. The van der Waals surface area contributed by atoms with E-state index in [4.69, 9.17) is 0 Å². The quantitative estimate of drug-likeness (QED) is 0.667. The second-order valence-corrected chi connectivity index (χ2v) is 6.41. The maximum Gasteiger partial charge on any atom is 0.442 e. The first-order valence-corrected chi connectivity index (χ1v) is 9.00. The van der Waals surface area contributed by atoms with Crippen LogP contribution in [0.3, 0.4) is 0 Å². The average Bonchev–Trinajstić information content (AvgIpc) is 3.04. The average molecular weight is 382 g/mol. The predicted molar refractivity (Wildman–Crippen MR) is 105 cm³/mol. The fourth-order valence-corrected chi connectivity index (χ4v) is 2.91. The molecule has 0 radical (unpaired) electrons. The number of rotatable bonds is 7. The normalized spacial score (nSPS) is 10.9. The SMILES string of the molecule is CCN(c1ccc(NC(=O)Cn2c(-c3ncccn3)noc2=O)cc1)C(C)C. The molecule has 0 saturated carbocycles. The summed E-state index contributed by atoms with van der Waals surface area (Å²) in [6.45, 7) is 6.99. The lowest BCUT2D eigenvalue weighted by molar-refractivity contribution is -0.116. The molecule has 28 heavy (non-hydrogen) atoms. The number of nitrogens with one attached hydrogen (secondary N) is 1. The van der Waals surface area contributed by atoms with Gasteiger partial charge in [-0.25, -0.2) is 19.3 Å². The molecule has 0 spiro atoms.